The Balaban J connectivity index is 1.68. The van der Waals surface area contributed by atoms with Gasteiger partial charge in [-0.3, -0.25) is 4.90 Å². The summed E-state index contributed by atoms with van der Waals surface area (Å²) in [7, 11) is -3.57. The lowest BCUT2D eigenvalue weighted by molar-refractivity contribution is 0.145. The Hall–Kier alpha value is -0.550. The SMILES string of the molecule is O=S(=O)(c1ccc(Cl)c(Cl)c1)N1CCN(Cn2ncsc2=S)CC1. The van der Waals surface area contributed by atoms with E-state index in [-0.39, 0.29) is 9.92 Å². The maximum Gasteiger partial charge on any atom is 0.243 e. The van der Waals surface area contributed by atoms with E-state index in [9.17, 15) is 8.42 Å². The van der Waals surface area contributed by atoms with Gasteiger partial charge >= 0.3 is 0 Å². The average molecular weight is 425 g/mol. The Morgan fingerprint density at radius 3 is 2.46 bits per heavy atom. The first-order valence-electron chi connectivity index (χ1n) is 7.06. The lowest BCUT2D eigenvalue weighted by Crippen LogP contribution is -2.48. The third kappa shape index (κ3) is 3.82. The van der Waals surface area contributed by atoms with Crippen LogP contribution in [0.1, 0.15) is 0 Å². The van der Waals surface area contributed by atoms with E-state index in [1.807, 2.05) is 0 Å². The third-order valence-electron chi connectivity index (χ3n) is 3.74. The van der Waals surface area contributed by atoms with Crippen molar-refractivity contribution in [1.82, 2.24) is 19.0 Å². The van der Waals surface area contributed by atoms with E-state index < -0.39 is 10.0 Å². The zero-order valence-electron chi connectivity index (χ0n) is 12.4. The number of benzene rings is 1. The highest BCUT2D eigenvalue weighted by molar-refractivity contribution is 7.89. The molecule has 1 aromatic heterocycles. The number of halogens is 2. The Morgan fingerprint density at radius 2 is 1.88 bits per heavy atom. The molecule has 1 aliphatic heterocycles. The van der Waals surface area contributed by atoms with E-state index in [0.717, 1.165) is 0 Å². The van der Waals surface area contributed by atoms with Crippen molar-refractivity contribution in [3.05, 3.63) is 37.7 Å². The highest BCUT2D eigenvalue weighted by Crippen LogP contribution is 2.27. The highest BCUT2D eigenvalue weighted by atomic mass is 35.5. The topological polar surface area (TPSA) is 58.4 Å². The molecule has 0 saturated carbocycles. The van der Waals surface area contributed by atoms with Gasteiger partial charge in [0.15, 0.2) is 3.95 Å². The lowest BCUT2D eigenvalue weighted by atomic mass is 10.4. The van der Waals surface area contributed by atoms with Gasteiger partial charge in [0, 0.05) is 26.2 Å². The monoisotopic (exact) mass is 424 g/mol. The predicted molar refractivity (Wildman–Crippen MR) is 97.7 cm³/mol. The number of nitrogens with zero attached hydrogens (tertiary/aromatic N) is 4. The second kappa shape index (κ2) is 7.36. The first-order chi connectivity index (χ1) is 11.4. The van der Waals surface area contributed by atoms with Gasteiger partial charge in [0.25, 0.3) is 0 Å². The number of piperazine rings is 1. The number of aromatic nitrogens is 2. The van der Waals surface area contributed by atoms with Crippen LogP contribution in [-0.4, -0.2) is 53.6 Å². The summed E-state index contributed by atoms with van der Waals surface area (Å²) >= 11 is 18.4. The molecular formula is C13H14Cl2N4O2S3. The van der Waals surface area contributed by atoms with Gasteiger partial charge in [-0.15, -0.1) is 0 Å². The molecule has 1 aliphatic rings. The van der Waals surface area contributed by atoms with Crippen LogP contribution in [-0.2, 0) is 16.7 Å². The summed E-state index contributed by atoms with van der Waals surface area (Å²) in [6.45, 7) is 2.60. The van der Waals surface area contributed by atoms with E-state index in [1.165, 1.54) is 33.8 Å². The van der Waals surface area contributed by atoms with Crippen LogP contribution in [0.5, 0.6) is 0 Å². The van der Waals surface area contributed by atoms with Crippen molar-refractivity contribution in [3.63, 3.8) is 0 Å². The molecule has 1 aromatic carbocycles. The van der Waals surface area contributed by atoms with Crippen LogP contribution in [0.4, 0.5) is 0 Å². The first kappa shape index (κ1) is 18.2. The Kier molecular flexibility index (Phi) is 5.60. The molecule has 0 radical (unpaired) electrons. The van der Waals surface area contributed by atoms with E-state index >= 15 is 0 Å². The van der Waals surface area contributed by atoms with E-state index in [1.54, 1.807) is 10.2 Å². The second-order valence-electron chi connectivity index (χ2n) is 5.24. The van der Waals surface area contributed by atoms with E-state index in [0.29, 0.717) is 41.8 Å². The van der Waals surface area contributed by atoms with Gasteiger partial charge in [0.2, 0.25) is 10.0 Å². The Labute approximate surface area is 159 Å². The molecule has 11 heteroatoms. The standard InChI is InChI=1S/C13H14Cl2N4O2S3/c14-11-2-1-10(7-12(11)15)24(20,21)18-5-3-17(4-6-18)9-19-13(22)23-8-16-19/h1-2,7-8H,3-6,9H2. The minimum Gasteiger partial charge on any atom is -0.282 e. The fourth-order valence-corrected chi connectivity index (χ4v) is 4.94. The number of sulfonamides is 1. The minimum atomic E-state index is -3.57. The minimum absolute atomic E-state index is 0.159. The van der Waals surface area contributed by atoms with Crippen molar-refractivity contribution in [3.8, 4) is 0 Å². The molecule has 2 heterocycles. The van der Waals surface area contributed by atoms with Crippen LogP contribution < -0.4 is 0 Å². The summed E-state index contributed by atoms with van der Waals surface area (Å²) in [6.07, 6.45) is 0. The summed E-state index contributed by atoms with van der Waals surface area (Å²) in [5, 5.41) is 4.74. The number of hydrogen-bond acceptors (Lipinski definition) is 6. The lowest BCUT2D eigenvalue weighted by Gasteiger charge is -2.33. The third-order valence-corrected chi connectivity index (χ3v) is 7.49. The molecular weight excluding hydrogens is 411 g/mol. The quantitative estimate of drug-likeness (QED) is 0.705. The molecule has 1 fully saturated rings. The van der Waals surface area contributed by atoms with Crippen molar-refractivity contribution in [2.45, 2.75) is 11.6 Å². The molecule has 0 N–H and O–H groups in total. The molecule has 24 heavy (non-hydrogen) atoms. The first-order valence-corrected chi connectivity index (χ1v) is 10.5. The molecule has 0 aliphatic carbocycles. The van der Waals surface area contributed by atoms with Crippen molar-refractivity contribution < 1.29 is 8.42 Å². The summed E-state index contributed by atoms with van der Waals surface area (Å²) in [5.41, 5.74) is 1.70. The van der Waals surface area contributed by atoms with Gasteiger partial charge in [-0.05, 0) is 30.4 Å². The summed E-state index contributed by atoms with van der Waals surface area (Å²) in [6, 6.07) is 4.36. The van der Waals surface area contributed by atoms with E-state index in [2.05, 4.69) is 10.00 Å². The molecule has 2 aromatic rings. The largest absolute Gasteiger partial charge is 0.282 e. The van der Waals surface area contributed by atoms with Gasteiger partial charge in [-0.1, -0.05) is 34.5 Å². The van der Waals surface area contributed by atoms with E-state index in [4.69, 9.17) is 35.4 Å². The van der Waals surface area contributed by atoms with Gasteiger partial charge in [-0.2, -0.15) is 9.40 Å². The Morgan fingerprint density at radius 1 is 1.17 bits per heavy atom. The zero-order valence-corrected chi connectivity index (χ0v) is 16.4. The van der Waals surface area contributed by atoms with Crippen LogP contribution in [0.25, 0.3) is 0 Å². The van der Waals surface area contributed by atoms with Gasteiger partial charge in [0.05, 0.1) is 21.6 Å². The van der Waals surface area contributed by atoms with Gasteiger partial charge in [0.1, 0.15) is 5.51 Å². The molecule has 0 atom stereocenters. The molecule has 3 rings (SSSR count). The van der Waals surface area contributed by atoms with Crippen molar-refractivity contribution in [2.24, 2.45) is 0 Å². The maximum absolute atomic E-state index is 12.7. The Bertz CT molecular complexity index is 889. The number of hydrogen-bond donors (Lipinski definition) is 0. The van der Waals surface area contributed by atoms with Gasteiger partial charge in [-0.25, -0.2) is 13.1 Å². The molecule has 130 valence electrons. The number of rotatable bonds is 4. The molecule has 0 spiro atoms. The van der Waals surface area contributed by atoms with Crippen LogP contribution in [0, 0.1) is 3.95 Å². The smallest absolute Gasteiger partial charge is 0.243 e. The van der Waals surface area contributed by atoms with Crippen LogP contribution in [0.15, 0.2) is 28.6 Å². The fourth-order valence-electron chi connectivity index (χ4n) is 2.41. The molecule has 0 unspecified atom stereocenters. The van der Waals surface area contributed by atoms with Crippen LogP contribution in [0.3, 0.4) is 0 Å². The van der Waals surface area contributed by atoms with Gasteiger partial charge < -0.3 is 0 Å². The molecule has 1 saturated heterocycles. The van der Waals surface area contributed by atoms with Crippen molar-refractivity contribution >= 4 is 56.8 Å². The maximum atomic E-state index is 12.7. The molecule has 0 bridgehead atoms. The molecule has 0 amide bonds. The average Bonchev–Trinajstić information content (AvgIpc) is 2.95. The van der Waals surface area contributed by atoms with Crippen molar-refractivity contribution in [2.75, 3.05) is 26.2 Å². The molecule has 6 nitrogen and oxygen atoms in total. The predicted octanol–water partition coefficient (Wildman–Crippen LogP) is 2.94. The highest BCUT2D eigenvalue weighted by Gasteiger charge is 2.29. The second-order valence-corrected chi connectivity index (χ2v) is 9.47. The normalized spacial score (nSPS) is 17.2. The summed E-state index contributed by atoms with van der Waals surface area (Å²) in [4.78, 5) is 2.28. The van der Waals surface area contributed by atoms with Crippen LogP contribution in [0.2, 0.25) is 10.0 Å². The van der Waals surface area contributed by atoms with Crippen LogP contribution >= 0.6 is 46.8 Å². The summed E-state index contributed by atoms with van der Waals surface area (Å²) < 4.78 is 29.3. The van der Waals surface area contributed by atoms with Crippen molar-refractivity contribution in [1.29, 1.82) is 0 Å². The fraction of sp³-hybridized carbons (Fsp3) is 0.385. The summed E-state index contributed by atoms with van der Waals surface area (Å²) in [5.74, 6) is 0. The zero-order chi connectivity index (χ0) is 17.3.